The highest BCUT2D eigenvalue weighted by atomic mass is 35.5. The smallest absolute Gasteiger partial charge is 0.327 e. The Morgan fingerprint density at radius 2 is 1.52 bits per heavy atom. The lowest BCUT2D eigenvalue weighted by atomic mass is 10.0. The lowest BCUT2D eigenvalue weighted by Gasteiger charge is -2.03. The fraction of sp³-hybridized carbons (Fsp3) is 0.0526. The van der Waals surface area contributed by atoms with E-state index in [1.54, 1.807) is 36.4 Å². The molecule has 0 saturated carbocycles. The average Bonchev–Trinajstić information content (AvgIpc) is 3.05. The number of aromatic nitrogens is 4. The second kappa shape index (κ2) is 6.69. The van der Waals surface area contributed by atoms with Gasteiger partial charge < -0.3 is 4.98 Å². The second-order valence-electron chi connectivity index (χ2n) is 6.03. The first kappa shape index (κ1) is 17.0. The first-order chi connectivity index (χ1) is 13.0. The largest absolute Gasteiger partial charge is 0.336 e. The van der Waals surface area contributed by atoms with Crippen molar-refractivity contribution < 1.29 is 4.79 Å². The normalized spacial score (nSPS) is 11.0. The van der Waals surface area contributed by atoms with E-state index in [0.717, 1.165) is 5.56 Å². The highest BCUT2D eigenvalue weighted by Crippen LogP contribution is 2.16. The summed E-state index contributed by atoms with van der Waals surface area (Å²) in [5, 5.41) is 0.577. The number of H-pyrrole nitrogens is 3. The van der Waals surface area contributed by atoms with Crippen LogP contribution in [0.5, 0.6) is 0 Å². The molecule has 134 valence electrons. The summed E-state index contributed by atoms with van der Waals surface area (Å²) in [6, 6.07) is 13.9. The standard InChI is InChI=1S/C19H13ClN4O3/c20-13-7-5-12(6-8-13)16(25)11-3-1-10(2-4-11)9-14-21-15-17(22-14)23-19(27)24-18(15)26/h1-8H,9H2,(H3,21,22,23,24,26,27). The zero-order chi connectivity index (χ0) is 19.0. The molecule has 0 unspecified atom stereocenters. The number of fused-ring (bicyclic) bond motifs is 1. The van der Waals surface area contributed by atoms with Crippen molar-refractivity contribution in [3.05, 3.63) is 96.9 Å². The number of hydrogen-bond acceptors (Lipinski definition) is 4. The molecular weight excluding hydrogens is 368 g/mol. The zero-order valence-corrected chi connectivity index (χ0v) is 14.6. The summed E-state index contributed by atoms with van der Waals surface area (Å²) in [6.45, 7) is 0. The number of rotatable bonds is 4. The van der Waals surface area contributed by atoms with Gasteiger partial charge in [0.15, 0.2) is 11.4 Å². The van der Waals surface area contributed by atoms with Gasteiger partial charge in [0.2, 0.25) is 0 Å². The van der Waals surface area contributed by atoms with Crippen LogP contribution in [0.25, 0.3) is 11.2 Å². The van der Waals surface area contributed by atoms with Crippen LogP contribution in [0, 0.1) is 0 Å². The molecule has 27 heavy (non-hydrogen) atoms. The first-order valence-electron chi connectivity index (χ1n) is 8.10. The molecule has 0 aliphatic heterocycles. The van der Waals surface area contributed by atoms with E-state index in [2.05, 4.69) is 19.9 Å². The molecule has 2 heterocycles. The Hall–Kier alpha value is -3.45. The van der Waals surface area contributed by atoms with E-state index >= 15 is 0 Å². The van der Waals surface area contributed by atoms with Crippen molar-refractivity contribution in [3.63, 3.8) is 0 Å². The first-order valence-corrected chi connectivity index (χ1v) is 8.48. The van der Waals surface area contributed by atoms with Crippen molar-refractivity contribution in [3.8, 4) is 0 Å². The number of ketones is 1. The Bertz CT molecular complexity index is 1250. The van der Waals surface area contributed by atoms with Gasteiger partial charge in [0.25, 0.3) is 5.56 Å². The number of nitrogens with zero attached hydrogens (tertiary/aromatic N) is 1. The van der Waals surface area contributed by atoms with E-state index in [0.29, 0.717) is 28.4 Å². The number of hydrogen-bond donors (Lipinski definition) is 3. The van der Waals surface area contributed by atoms with E-state index in [9.17, 15) is 14.4 Å². The fourth-order valence-corrected chi connectivity index (χ4v) is 2.93. The number of nitrogens with one attached hydrogen (secondary N) is 3. The van der Waals surface area contributed by atoms with Crippen LogP contribution in [-0.2, 0) is 6.42 Å². The molecular formula is C19H13ClN4O3. The van der Waals surface area contributed by atoms with Crippen LogP contribution in [-0.4, -0.2) is 25.7 Å². The molecule has 0 bridgehead atoms. The van der Waals surface area contributed by atoms with Crippen molar-refractivity contribution in [2.45, 2.75) is 6.42 Å². The fourth-order valence-electron chi connectivity index (χ4n) is 2.80. The van der Waals surface area contributed by atoms with Gasteiger partial charge in [0.1, 0.15) is 11.3 Å². The maximum atomic E-state index is 12.5. The lowest BCUT2D eigenvalue weighted by molar-refractivity contribution is 0.103. The number of carbonyl (C=O) groups is 1. The molecule has 2 aromatic carbocycles. The third-order valence-corrected chi connectivity index (χ3v) is 4.38. The van der Waals surface area contributed by atoms with Crippen molar-refractivity contribution in [1.29, 1.82) is 0 Å². The Labute approximate surface area is 157 Å². The monoisotopic (exact) mass is 380 g/mol. The van der Waals surface area contributed by atoms with Gasteiger partial charge >= 0.3 is 5.69 Å². The summed E-state index contributed by atoms with van der Waals surface area (Å²) < 4.78 is 0. The zero-order valence-electron chi connectivity index (χ0n) is 13.9. The minimum atomic E-state index is -0.601. The number of carbonyl (C=O) groups excluding carboxylic acids is 1. The summed E-state index contributed by atoms with van der Waals surface area (Å²) in [5.41, 5.74) is 1.35. The third-order valence-electron chi connectivity index (χ3n) is 4.13. The van der Waals surface area contributed by atoms with Crippen molar-refractivity contribution in [2.75, 3.05) is 0 Å². The summed E-state index contributed by atoms with van der Waals surface area (Å²) in [7, 11) is 0. The summed E-state index contributed by atoms with van der Waals surface area (Å²) in [5.74, 6) is 0.445. The molecule has 0 fully saturated rings. The van der Waals surface area contributed by atoms with Crippen LogP contribution < -0.4 is 11.2 Å². The molecule has 3 N–H and O–H groups in total. The van der Waals surface area contributed by atoms with E-state index < -0.39 is 11.2 Å². The van der Waals surface area contributed by atoms with Gasteiger partial charge in [-0.1, -0.05) is 35.9 Å². The maximum absolute atomic E-state index is 12.5. The van der Waals surface area contributed by atoms with Crippen molar-refractivity contribution >= 4 is 28.5 Å². The molecule has 7 nitrogen and oxygen atoms in total. The Morgan fingerprint density at radius 3 is 2.19 bits per heavy atom. The van der Waals surface area contributed by atoms with Gasteiger partial charge in [-0.05, 0) is 29.8 Å². The third kappa shape index (κ3) is 3.45. The van der Waals surface area contributed by atoms with Gasteiger partial charge in [-0.3, -0.25) is 19.6 Å². The van der Waals surface area contributed by atoms with E-state index in [4.69, 9.17) is 11.6 Å². The van der Waals surface area contributed by atoms with E-state index in [1.807, 2.05) is 12.1 Å². The van der Waals surface area contributed by atoms with E-state index in [1.165, 1.54) is 0 Å². The van der Waals surface area contributed by atoms with Crippen LogP contribution in [0.3, 0.4) is 0 Å². The highest BCUT2D eigenvalue weighted by molar-refractivity contribution is 6.30. The number of imidazole rings is 1. The van der Waals surface area contributed by atoms with Crippen molar-refractivity contribution in [1.82, 2.24) is 19.9 Å². The minimum Gasteiger partial charge on any atom is -0.336 e. The Morgan fingerprint density at radius 1 is 0.889 bits per heavy atom. The number of halogens is 1. The van der Waals surface area contributed by atoms with Crippen LogP contribution >= 0.6 is 11.6 Å². The Kier molecular flexibility index (Phi) is 4.21. The summed E-state index contributed by atoms with van der Waals surface area (Å²) >= 11 is 5.85. The Balaban J connectivity index is 1.57. The quantitative estimate of drug-likeness (QED) is 0.472. The van der Waals surface area contributed by atoms with Gasteiger partial charge in [0.05, 0.1) is 0 Å². The van der Waals surface area contributed by atoms with Crippen molar-refractivity contribution in [2.24, 2.45) is 0 Å². The summed E-state index contributed by atoms with van der Waals surface area (Å²) in [4.78, 5) is 47.3. The summed E-state index contributed by atoms with van der Waals surface area (Å²) in [6.07, 6.45) is 0.422. The van der Waals surface area contributed by atoms with Gasteiger partial charge in [-0.25, -0.2) is 9.78 Å². The van der Waals surface area contributed by atoms with Gasteiger partial charge in [-0.15, -0.1) is 0 Å². The molecule has 0 radical (unpaired) electrons. The molecule has 0 aliphatic rings. The predicted octanol–water partition coefficient (Wildman–Crippen LogP) is 2.41. The second-order valence-corrected chi connectivity index (χ2v) is 6.46. The number of benzene rings is 2. The maximum Gasteiger partial charge on any atom is 0.327 e. The molecule has 0 aliphatic carbocycles. The molecule has 4 aromatic rings. The SMILES string of the molecule is O=C(c1ccc(Cl)cc1)c1ccc(Cc2nc3[nH]c(=O)[nH]c(=O)c3[nH]2)cc1. The predicted molar refractivity (Wildman–Crippen MR) is 101 cm³/mol. The molecule has 0 amide bonds. The van der Waals surface area contributed by atoms with Gasteiger partial charge in [0, 0.05) is 22.6 Å². The van der Waals surface area contributed by atoms with Crippen LogP contribution in [0.4, 0.5) is 0 Å². The topological polar surface area (TPSA) is 111 Å². The molecule has 0 atom stereocenters. The molecule has 2 aromatic heterocycles. The van der Waals surface area contributed by atoms with E-state index in [-0.39, 0.29) is 16.9 Å². The minimum absolute atomic E-state index is 0.0916. The van der Waals surface area contributed by atoms with Crippen LogP contribution in [0.2, 0.25) is 5.02 Å². The van der Waals surface area contributed by atoms with Gasteiger partial charge in [-0.2, -0.15) is 0 Å². The average molecular weight is 381 g/mol. The molecule has 4 rings (SSSR count). The molecule has 0 saturated heterocycles. The highest BCUT2D eigenvalue weighted by Gasteiger charge is 2.11. The molecule has 0 spiro atoms. The number of aromatic amines is 3. The lowest BCUT2D eigenvalue weighted by Crippen LogP contribution is -2.21. The van der Waals surface area contributed by atoms with Crippen LogP contribution in [0.1, 0.15) is 27.3 Å². The van der Waals surface area contributed by atoms with Crippen LogP contribution in [0.15, 0.2) is 58.1 Å². The molecule has 8 heteroatoms.